The van der Waals surface area contributed by atoms with Crippen LogP contribution in [0.1, 0.15) is 39.0 Å². The molecule has 0 heterocycles. The highest BCUT2D eigenvalue weighted by Gasteiger charge is 2.27. The zero-order chi connectivity index (χ0) is 14.4. The Hall–Kier alpha value is 0.310. The van der Waals surface area contributed by atoms with E-state index in [4.69, 9.17) is 0 Å². The number of nitrogens with one attached hydrogen (secondary N) is 2. The minimum atomic E-state index is 0. The SMILES string of the molecule is CCN(CCNC(=NC)NC1CCC(SC)C1)C1CC1.I. The average molecular weight is 426 g/mol. The first-order chi connectivity index (χ1) is 9.76. The zero-order valence-electron chi connectivity index (χ0n) is 13.6. The second-order valence-corrected chi connectivity index (χ2v) is 7.01. The van der Waals surface area contributed by atoms with Crippen LogP contribution in [-0.2, 0) is 0 Å². The van der Waals surface area contributed by atoms with E-state index >= 15 is 0 Å². The fourth-order valence-corrected chi connectivity index (χ4v) is 3.83. The van der Waals surface area contributed by atoms with Crippen LogP contribution in [0, 0.1) is 0 Å². The van der Waals surface area contributed by atoms with E-state index in [0.717, 1.165) is 36.9 Å². The fraction of sp³-hybridized carbons (Fsp3) is 0.933. The summed E-state index contributed by atoms with van der Waals surface area (Å²) in [4.78, 5) is 6.92. The first kappa shape index (κ1) is 19.4. The molecular weight excluding hydrogens is 395 g/mol. The van der Waals surface area contributed by atoms with Crippen LogP contribution in [0.5, 0.6) is 0 Å². The monoisotopic (exact) mass is 426 g/mol. The summed E-state index contributed by atoms with van der Waals surface area (Å²) in [6.45, 7) is 5.53. The van der Waals surface area contributed by atoms with Gasteiger partial charge in [0.25, 0.3) is 0 Å². The van der Waals surface area contributed by atoms with Crippen molar-refractivity contribution in [3.63, 3.8) is 0 Å². The van der Waals surface area contributed by atoms with Crippen molar-refractivity contribution in [1.29, 1.82) is 0 Å². The van der Waals surface area contributed by atoms with E-state index in [1.54, 1.807) is 0 Å². The average Bonchev–Trinajstić information content (AvgIpc) is 3.21. The molecule has 2 unspecified atom stereocenters. The summed E-state index contributed by atoms with van der Waals surface area (Å²) >= 11 is 2.00. The minimum Gasteiger partial charge on any atom is -0.355 e. The first-order valence-corrected chi connectivity index (χ1v) is 9.29. The molecule has 0 aromatic rings. The molecule has 2 N–H and O–H groups in total. The Morgan fingerprint density at radius 3 is 2.57 bits per heavy atom. The van der Waals surface area contributed by atoms with Gasteiger partial charge in [-0.05, 0) is 44.9 Å². The molecule has 0 aromatic carbocycles. The molecule has 0 aliphatic heterocycles. The summed E-state index contributed by atoms with van der Waals surface area (Å²) in [5, 5.41) is 7.87. The van der Waals surface area contributed by atoms with Crippen molar-refractivity contribution in [3.8, 4) is 0 Å². The normalized spacial score (nSPS) is 25.8. The number of likely N-dealkylation sites (N-methyl/N-ethyl adjacent to an activating group) is 1. The van der Waals surface area contributed by atoms with Gasteiger partial charge in [0, 0.05) is 37.5 Å². The molecule has 0 amide bonds. The van der Waals surface area contributed by atoms with Crippen LogP contribution < -0.4 is 10.6 Å². The number of halogens is 1. The van der Waals surface area contributed by atoms with Gasteiger partial charge < -0.3 is 10.6 Å². The molecule has 124 valence electrons. The Balaban J connectivity index is 0.00000220. The van der Waals surface area contributed by atoms with Crippen molar-refractivity contribution in [2.24, 2.45) is 4.99 Å². The molecule has 2 fully saturated rings. The Morgan fingerprint density at radius 1 is 1.29 bits per heavy atom. The molecule has 0 bridgehead atoms. The second kappa shape index (κ2) is 10.2. The summed E-state index contributed by atoms with van der Waals surface area (Å²) < 4.78 is 0. The second-order valence-electron chi connectivity index (χ2n) is 5.87. The van der Waals surface area contributed by atoms with Crippen LogP contribution in [0.4, 0.5) is 0 Å². The fourth-order valence-electron chi connectivity index (χ4n) is 3.03. The van der Waals surface area contributed by atoms with Gasteiger partial charge in [-0.15, -0.1) is 24.0 Å². The maximum Gasteiger partial charge on any atom is 0.191 e. The summed E-state index contributed by atoms with van der Waals surface area (Å²) in [7, 11) is 1.87. The molecule has 4 nitrogen and oxygen atoms in total. The predicted molar refractivity (Wildman–Crippen MR) is 105 cm³/mol. The zero-order valence-corrected chi connectivity index (χ0v) is 16.7. The maximum atomic E-state index is 4.35. The lowest BCUT2D eigenvalue weighted by atomic mass is 10.2. The Bertz CT molecular complexity index is 323. The standard InChI is InChI=1S/C15H30N4S.HI/c1-4-19(13-6-7-13)10-9-17-15(16-2)18-12-5-8-14(11-12)20-3;/h12-14H,4-11H2,1-3H3,(H2,16,17,18);1H. The van der Waals surface area contributed by atoms with Gasteiger partial charge in [0.15, 0.2) is 5.96 Å². The van der Waals surface area contributed by atoms with E-state index in [0.29, 0.717) is 6.04 Å². The Labute approximate surface area is 151 Å². The molecule has 0 spiro atoms. The smallest absolute Gasteiger partial charge is 0.191 e. The molecular formula is C15H31IN4S. The topological polar surface area (TPSA) is 39.7 Å². The summed E-state index contributed by atoms with van der Waals surface area (Å²) in [6, 6.07) is 1.46. The minimum absolute atomic E-state index is 0. The van der Waals surface area contributed by atoms with E-state index in [1.807, 2.05) is 18.8 Å². The molecule has 2 saturated carbocycles. The summed E-state index contributed by atoms with van der Waals surface area (Å²) in [6.07, 6.45) is 8.87. The Morgan fingerprint density at radius 2 is 2.05 bits per heavy atom. The molecule has 0 radical (unpaired) electrons. The van der Waals surface area contributed by atoms with E-state index in [9.17, 15) is 0 Å². The van der Waals surface area contributed by atoms with Crippen molar-refractivity contribution < 1.29 is 0 Å². The number of thioether (sulfide) groups is 1. The molecule has 0 saturated heterocycles. The van der Waals surface area contributed by atoms with Crippen molar-refractivity contribution in [2.45, 2.75) is 56.4 Å². The maximum absolute atomic E-state index is 4.35. The third-order valence-corrected chi connectivity index (χ3v) is 5.54. The van der Waals surface area contributed by atoms with Gasteiger partial charge in [-0.25, -0.2) is 0 Å². The van der Waals surface area contributed by atoms with Gasteiger partial charge >= 0.3 is 0 Å². The highest BCUT2D eigenvalue weighted by Crippen LogP contribution is 2.28. The van der Waals surface area contributed by atoms with Crippen LogP contribution in [0.15, 0.2) is 4.99 Å². The summed E-state index contributed by atoms with van der Waals surface area (Å²) in [5.41, 5.74) is 0. The van der Waals surface area contributed by atoms with Crippen LogP contribution in [0.25, 0.3) is 0 Å². The number of guanidine groups is 1. The lowest BCUT2D eigenvalue weighted by Crippen LogP contribution is -2.45. The van der Waals surface area contributed by atoms with Crippen molar-refractivity contribution in [3.05, 3.63) is 0 Å². The molecule has 2 aliphatic carbocycles. The van der Waals surface area contributed by atoms with Gasteiger partial charge in [-0.3, -0.25) is 9.89 Å². The largest absolute Gasteiger partial charge is 0.355 e. The number of hydrogen-bond acceptors (Lipinski definition) is 3. The van der Waals surface area contributed by atoms with Gasteiger partial charge in [-0.2, -0.15) is 11.8 Å². The molecule has 21 heavy (non-hydrogen) atoms. The van der Waals surface area contributed by atoms with E-state index < -0.39 is 0 Å². The van der Waals surface area contributed by atoms with Crippen LogP contribution in [0.2, 0.25) is 0 Å². The number of rotatable bonds is 7. The van der Waals surface area contributed by atoms with Crippen molar-refractivity contribution >= 4 is 41.7 Å². The predicted octanol–water partition coefficient (Wildman–Crippen LogP) is 2.54. The van der Waals surface area contributed by atoms with Crippen LogP contribution in [-0.4, -0.2) is 61.1 Å². The molecule has 6 heteroatoms. The highest BCUT2D eigenvalue weighted by molar-refractivity contribution is 14.0. The first-order valence-electron chi connectivity index (χ1n) is 8.00. The van der Waals surface area contributed by atoms with Gasteiger partial charge in [-0.1, -0.05) is 6.92 Å². The lowest BCUT2D eigenvalue weighted by molar-refractivity contribution is 0.282. The molecule has 2 aliphatic rings. The van der Waals surface area contributed by atoms with Gasteiger partial charge in [0.2, 0.25) is 0 Å². The molecule has 0 aromatic heterocycles. The van der Waals surface area contributed by atoms with E-state index in [-0.39, 0.29) is 24.0 Å². The highest BCUT2D eigenvalue weighted by atomic mass is 127. The quantitative estimate of drug-likeness (QED) is 0.373. The van der Waals surface area contributed by atoms with Crippen LogP contribution >= 0.6 is 35.7 Å². The third-order valence-electron chi connectivity index (χ3n) is 4.44. The lowest BCUT2D eigenvalue weighted by Gasteiger charge is -2.22. The van der Waals surface area contributed by atoms with Crippen LogP contribution in [0.3, 0.4) is 0 Å². The molecule has 2 atom stereocenters. The Kier molecular flexibility index (Phi) is 9.36. The summed E-state index contributed by atoms with van der Waals surface area (Å²) in [5.74, 6) is 0.976. The molecule has 2 rings (SSSR count). The van der Waals surface area contributed by atoms with Gasteiger partial charge in [0.05, 0.1) is 0 Å². The number of aliphatic imine (C=N–C) groups is 1. The van der Waals surface area contributed by atoms with Gasteiger partial charge in [0.1, 0.15) is 0 Å². The number of hydrogen-bond donors (Lipinski definition) is 2. The van der Waals surface area contributed by atoms with E-state index in [2.05, 4.69) is 33.7 Å². The third kappa shape index (κ3) is 6.52. The van der Waals surface area contributed by atoms with Crippen molar-refractivity contribution in [2.75, 3.05) is 32.9 Å². The number of nitrogens with zero attached hydrogens (tertiary/aromatic N) is 2. The van der Waals surface area contributed by atoms with Crippen molar-refractivity contribution in [1.82, 2.24) is 15.5 Å². The van der Waals surface area contributed by atoms with E-state index in [1.165, 1.54) is 32.1 Å².